The third-order valence-electron chi connectivity index (χ3n) is 4.78. The molecular weight excluding hydrogens is 358 g/mol. The predicted octanol–water partition coefficient (Wildman–Crippen LogP) is 4.28. The van der Waals surface area contributed by atoms with Crippen molar-refractivity contribution in [2.75, 3.05) is 7.05 Å². The zero-order valence-corrected chi connectivity index (χ0v) is 16.9. The van der Waals surface area contributed by atoms with Crippen LogP contribution in [0.3, 0.4) is 0 Å². The summed E-state index contributed by atoms with van der Waals surface area (Å²) in [5.41, 5.74) is 4.19. The first kappa shape index (κ1) is 17.9. The second-order valence-corrected chi connectivity index (χ2v) is 7.32. The lowest BCUT2D eigenvalue weighted by atomic mass is 10.1. The fraction of sp³-hybridized carbons (Fsp3) is 0.350. The second kappa shape index (κ2) is 6.90. The van der Waals surface area contributed by atoms with Crippen LogP contribution in [0.5, 0.6) is 0 Å². The number of para-hydroxylation sites is 1. The van der Waals surface area contributed by atoms with Crippen molar-refractivity contribution >= 4 is 29.0 Å². The van der Waals surface area contributed by atoms with Gasteiger partial charge in [-0.25, -0.2) is 14.2 Å². The van der Waals surface area contributed by atoms with Gasteiger partial charge in [0.15, 0.2) is 0 Å². The molecule has 0 saturated carbocycles. The maximum Gasteiger partial charge on any atom is 0.252 e. The Morgan fingerprint density at radius 2 is 1.96 bits per heavy atom. The number of nitrogens with zero attached hydrogens (tertiary/aromatic N) is 5. The Balaban J connectivity index is 1.68. The number of hydrogen-bond donors (Lipinski definition) is 0. The van der Waals surface area contributed by atoms with E-state index in [0.29, 0.717) is 17.2 Å². The summed E-state index contributed by atoms with van der Waals surface area (Å²) in [7, 11) is 2.08. The highest BCUT2D eigenvalue weighted by molar-refractivity contribution is 7.71. The highest BCUT2D eigenvalue weighted by atomic mass is 32.1. The molecule has 1 aromatic carbocycles. The first-order chi connectivity index (χ1) is 13.0. The van der Waals surface area contributed by atoms with Gasteiger partial charge in [0.2, 0.25) is 4.77 Å². The Bertz CT molecular complexity index is 1190. The molecule has 3 aromatic heterocycles. The molecule has 0 amide bonds. The number of rotatable bonds is 5. The summed E-state index contributed by atoms with van der Waals surface area (Å²) in [6.45, 7) is 7.53. The minimum Gasteiger partial charge on any atom is -0.461 e. The summed E-state index contributed by atoms with van der Waals surface area (Å²) in [4.78, 5) is 11.2. The maximum absolute atomic E-state index is 6.03. The summed E-state index contributed by atoms with van der Waals surface area (Å²) in [6.07, 6.45) is 0.870. The molecule has 7 heteroatoms. The summed E-state index contributed by atoms with van der Waals surface area (Å²) in [6, 6.07) is 10.2. The molecule has 27 heavy (non-hydrogen) atoms. The van der Waals surface area contributed by atoms with Gasteiger partial charge in [-0.05, 0) is 45.2 Å². The van der Waals surface area contributed by atoms with Gasteiger partial charge in [0.05, 0.1) is 6.67 Å². The van der Waals surface area contributed by atoms with Crippen molar-refractivity contribution in [2.24, 2.45) is 0 Å². The Kier molecular flexibility index (Phi) is 4.57. The van der Waals surface area contributed by atoms with Crippen LogP contribution in [0, 0.1) is 18.6 Å². The fourth-order valence-electron chi connectivity index (χ4n) is 3.64. The number of aryl methyl sites for hydroxylation is 3. The van der Waals surface area contributed by atoms with Crippen LogP contribution < -0.4 is 0 Å². The highest BCUT2D eigenvalue weighted by Crippen LogP contribution is 2.27. The van der Waals surface area contributed by atoms with Crippen LogP contribution in [0.25, 0.3) is 16.7 Å². The van der Waals surface area contributed by atoms with E-state index in [9.17, 15) is 0 Å². The van der Waals surface area contributed by atoms with E-state index in [4.69, 9.17) is 16.6 Å². The van der Waals surface area contributed by atoms with Gasteiger partial charge in [0.1, 0.15) is 11.3 Å². The zero-order valence-electron chi connectivity index (χ0n) is 16.1. The maximum atomic E-state index is 6.03. The molecule has 0 saturated heterocycles. The zero-order chi connectivity index (χ0) is 19.1. The van der Waals surface area contributed by atoms with E-state index >= 15 is 0 Å². The average molecular weight is 382 g/mol. The van der Waals surface area contributed by atoms with Gasteiger partial charge < -0.3 is 4.42 Å². The first-order valence-electron chi connectivity index (χ1n) is 9.09. The van der Waals surface area contributed by atoms with Crippen LogP contribution >= 0.6 is 12.2 Å². The van der Waals surface area contributed by atoms with E-state index in [0.717, 1.165) is 35.7 Å². The van der Waals surface area contributed by atoms with Crippen molar-refractivity contribution in [3.8, 4) is 0 Å². The van der Waals surface area contributed by atoms with E-state index in [-0.39, 0.29) is 0 Å². The lowest BCUT2D eigenvalue weighted by molar-refractivity contribution is 0.237. The normalized spacial score (nSPS) is 11.9. The minimum absolute atomic E-state index is 0.538. The fourth-order valence-corrected chi connectivity index (χ4v) is 3.86. The van der Waals surface area contributed by atoms with Crippen LogP contribution in [0.1, 0.15) is 29.6 Å². The number of benzene rings is 1. The van der Waals surface area contributed by atoms with Crippen LogP contribution in [0.2, 0.25) is 0 Å². The van der Waals surface area contributed by atoms with Crippen molar-refractivity contribution in [3.63, 3.8) is 0 Å². The molecule has 0 atom stereocenters. The topological polar surface area (TPSA) is 51.5 Å². The molecular formula is C20H23N5OS. The van der Waals surface area contributed by atoms with Gasteiger partial charge in [-0.3, -0.25) is 4.90 Å². The molecule has 140 valence electrons. The monoisotopic (exact) mass is 381 g/mol. The van der Waals surface area contributed by atoms with E-state index in [1.165, 1.54) is 10.9 Å². The summed E-state index contributed by atoms with van der Waals surface area (Å²) >= 11 is 5.49. The molecule has 6 nitrogen and oxygen atoms in total. The average Bonchev–Trinajstić information content (AvgIpc) is 3.13. The number of aromatic nitrogens is 4. The smallest absolute Gasteiger partial charge is 0.252 e. The van der Waals surface area contributed by atoms with E-state index < -0.39 is 0 Å². The first-order valence-corrected chi connectivity index (χ1v) is 9.50. The lowest BCUT2D eigenvalue weighted by Crippen LogP contribution is -2.25. The van der Waals surface area contributed by atoms with E-state index in [1.54, 1.807) is 0 Å². The molecule has 0 N–H and O–H groups in total. The van der Waals surface area contributed by atoms with Crippen LogP contribution in [0.4, 0.5) is 0 Å². The molecule has 0 unspecified atom stereocenters. The van der Waals surface area contributed by atoms with Crippen molar-refractivity contribution in [2.45, 2.75) is 40.4 Å². The van der Waals surface area contributed by atoms with E-state index in [2.05, 4.69) is 41.0 Å². The van der Waals surface area contributed by atoms with Gasteiger partial charge in [-0.1, -0.05) is 25.1 Å². The van der Waals surface area contributed by atoms with Crippen molar-refractivity contribution in [1.82, 2.24) is 24.1 Å². The van der Waals surface area contributed by atoms with Gasteiger partial charge >= 0.3 is 0 Å². The predicted molar refractivity (Wildman–Crippen MR) is 108 cm³/mol. The Hall–Kier alpha value is -2.51. The SMILES string of the molecule is CCc1oc2ccccc2c1CN(C)Cn1c(=S)nc2nc(C)cc(C)n21. The lowest BCUT2D eigenvalue weighted by Gasteiger charge is -2.19. The Morgan fingerprint density at radius 3 is 2.74 bits per heavy atom. The third kappa shape index (κ3) is 3.17. The second-order valence-electron chi connectivity index (χ2n) is 6.95. The van der Waals surface area contributed by atoms with E-state index in [1.807, 2.05) is 41.2 Å². The number of fused-ring (bicyclic) bond motifs is 2. The minimum atomic E-state index is 0.538. The largest absolute Gasteiger partial charge is 0.461 e. The Morgan fingerprint density at radius 1 is 1.19 bits per heavy atom. The molecule has 0 radical (unpaired) electrons. The van der Waals surface area contributed by atoms with Crippen LogP contribution in [-0.4, -0.2) is 31.1 Å². The Labute approximate surface area is 163 Å². The van der Waals surface area contributed by atoms with Gasteiger partial charge in [-0.15, -0.1) is 0 Å². The third-order valence-corrected chi connectivity index (χ3v) is 5.08. The molecule has 0 aliphatic rings. The standard InChI is InChI=1S/C20H23N5OS/c1-5-17-16(15-8-6-7-9-18(15)26-17)11-23(4)12-24-20(27)22-19-21-13(2)10-14(3)25(19)24/h6-10H,5,11-12H2,1-4H3. The molecule has 4 aromatic rings. The summed E-state index contributed by atoms with van der Waals surface area (Å²) in [5.74, 6) is 1.69. The molecule has 0 fully saturated rings. The van der Waals surface area contributed by atoms with Crippen LogP contribution in [0.15, 0.2) is 34.7 Å². The molecule has 0 bridgehead atoms. The van der Waals surface area contributed by atoms with Gasteiger partial charge in [0.25, 0.3) is 5.78 Å². The number of furan rings is 1. The molecule has 0 spiro atoms. The van der Waals surface area contributed by atoms with Gasteiger partial charge in [0, 0.05) is 35.3 Å². The molecule has 3 heterocycles. The summed E-state index contributed by atoms with van der Waals surface area (Å²) in [5, 5.41) is 1.18. The van der Waals surface area contributed by atoms with Gasteiger partial charge in [-0.2, -0.15) is 4.98 Å². The van der Waals surface area contributed by atoms with Crippen molar-refractivity contribution in [1.29, 1.82) is 0 Å². The highest BCUT2D eigenvalue weighted by Gasteiger charge is 2.16. The molecule has 0 aliphatic carbocycles. The molecule has 0 aliphatic heterocycles. The summed E-state index contributed by atoms with van der Waals surface area (Å²) < 4.78 is 10.5. The van der Waals surface area contributed by atoms with Crippen LogP contribution in [-0.2, 0) is 19.6 Å². The van der Waals surface area contributed by atoms with Crippen molar-refractivity contribution in [3.05, 3.63) is 57.8 Å². The van der Waals surface area contributed by atoms with Crippen molar-refractivity contribution < 1.29 is 4.42 Å². The molecule has 4 rings (SSSR count). The quantitative estimate of drug-likeness (QED) is 0.483. The number of hydrogen-bond acceptors (Lipinski definition) is 5.